The lowest BCUT2D eigenvalue weighted by molar-refractivity contribution is 0.426. The smallest absolute Gasteiger partial charge is 0.0652 e. The Morgan fingerprint density at radius 1 is 0.900 bits per heavy atom. The summed E-state index contributed by atoms with van der Waals surface area (Å²) in [6.45, 7) is 4.57. The summed E-state index contributed by atoms with van der Waals surface area (Å²) in [7, 11) is 0. The van der Waals surface area contributed by atoms with Gasteiger partial charge >= 0.3 is 0 Å². The predicted molar refractivity (Wildman–Crippen MR) is 91.3 cm³/mol. The van der Waals surface area contributed by atoms with Gasteiger partial charge in [-0.15, -0.1) is 0 Å². The van der Waals surface area contributed by atoms with E-state index in [0.717, 1.165) is 0 Å². The van der Waals surface area contributed by atoms with Gasteiger partial charge in [0.1, 0.15) is 0 Å². The number of hydrogen-bond acceptors (Lipinski definition) is 1. The Morgan fingerprint density at radius 2 is 1.35 bits per heavy atom. The van der Waals surface area contributed by atoms with Gasteiger partial charge in [0.05, 0.1) is 4.75 Å². The predicted octanol–water partition coefficient (Wildman–Crippen LogP) is 5.69. The molecular formula is C19H24S. The topological polar surface area (TPSA) is 0 Å². The highest BCUT2D eigenvalue weighted by molar-refractivity contribution is 7.81. The molecule has 0 spiro atoms. The minimum absolute atomic E-state index is 0.211. The van der Waals surface area contributed by atoms with Crippen molar-refractivity contribution in [2.45, 2.75) is 37.9 Å². The summed E-state index contributed by atoms with van der Waals surface area (Å²) < 4.78 is -0.211. The second-order valence-electron chi connectivity index (χ2n) is 5.54. The van der Waals surface area contributed by atoms with Crippen molar-refractivity contribution in [1.29, 1.82) is 0 Å². The number of hydrogen-bond donors (Lipinski definition) is 1. The average molecular weight is 284 g/mol. The van der Waals surface area contributed by atoms with Crippen LogP contribution in [0.5, 0.6) is 0 Å². The standard InChI is InChI=1S/C19H24S/c1-3-4-11-16(2)19(20,17-12-7-5-8-13-17)18-14-9-6-10-15-18/h5-10,12-16,20H,3-4,11H2,1-2H3. The monoisotopic (exact) mass is 284 g/mol. The van der Waals surface area contributed by atoms with Crippen LogP contribution in [0.4, 0.5) is 0 Å². The Morgan fingerprint density at radius 3 is 1.75 bits per heavy atom. The molecule has 1 heteroatoms. The molecule has 0 aliphatic rings. The zero-order valence-corrected chi connectivity index (χ0v) is 13.3. The fourth-order valence-electron chi connectivity index (χ4n) is 2.84. The Bertz CT molecular complexity index is 464. The van der Waals surface area contributed by atoms with Gasteiger partial charge in [-0.3, -0.25) is 0 Å². The Balaban J connectivity index is 2.43. The third kappa shape index (κ3) is 3.09. The van der Waals surface area contributed by atoms with Gasteiger partial charge in [-0.2, -0.15) is 12.6 Å². The summed E-state index contributed by atoms with van der Waals surface area (Å²) in [5, 5.41) is 0. The maximum absolute atomic E-state index is 5.17. The van der Waals surface area contributed by atoms with Crippen LogP contribution in [0, 0.1) is 5.92 Å². The van der Waals surface area contributed by atoms with Gasteiger partial charge in [-0.25, -0.2) is 0 Å². The Kier molecular flexibility index (Phi) is 5.31. The van der Waals surface area contributed by atoms with Crippen molar-refractivity contribution in [3.8, 4) is 0 Å². The van der Waals surface area contributed by atoms with E-state index in [0.29, 0.717) is 5.92 Å². The normalized spacial score (nSPS) is 13.2. The first kappa shape index (κ1) is 15.2. The van der Waals surface area contributed by atoms with Gasteiger partial charge in [-0.05, 0) is 23.5 Å². The van der Waals surface area contributed by atoms with Crippen molar-refractivity contribution in [2.75, 3.05) is 0 Å². The number of benzene rings is 2. The van der Waals surface area contributed by atoms with Crippen molar-refractivity contribution in [1.82, 2.24) is 0 Å². The van der Waals surface area contributed by atoms with Crippen LogP contribution in [-0.2, 0) is 4.75 Å². The van der Waals surface area contributed by atoms with Gasteiger partial charge in [0.15, 0.2) is 0 Å². The highest BCUT2D eigenvalue weighted by atomic mass is 32.1. The molecule has 0 fully saturated rings. The third-order valence-electron chi connectivity index (χ3n) is 4.13. The van der Waals surface area contributed by atoms with E-state index in [4.69, 9.17) is 12.6 Å². The van der Waals surface area contributed by atoms with Crippen molar-refractivity contribution in [2.24, 2.45) is 5.92 Å². The summed E-state index contributed by atoms with van der Waals surface area (Å²) >= 11 is 5.17. The van der Waals surface area contributed by atoms with E-state index in [1.165, 1.54) is 30.4 Å². The van der Waals surface area contributed by atoms with Crippen molar-refractivity contribution >= 4 is 12.6 Å². The maximum atomic E-state index is 5.17. The van der Waals surface area contributed by atoms with Gasteiger partial charge in [0.2, 0.25) is 0 Å². The molecule has 0 N–H and O–H groups in total. The molecule has 0 nitrogen and oxygen atoms in total. The molecule has 2 aromatic rings. The van der Waals surface area contributed by atoms with E-state index in [1.807, 2.05) is 0 Å². The maximum Gasteiger partial charge on any atom is 0.0652 e. The van der Waals surface area contributed by atoms with Crippen LogP contribution in [0.25, 0.3) is 0 Å². The van der Waals surface area contributed by atoms with Crippen LogP contribution >= 0.6 is 12.6 Å². The summed E-state index contributed by atoms with van der Waals surface area (Å²) in [5.74, 6) is 0.496. The molecule has 0 amide bonds. The summed E-state index contributed by atoms with van der Waals surface area (Å²) in [5.41, 5.74) is 2.58. The molecule has 0 saturated heterocycles. The number of thiol groups is 1. The molecule has 0 aromatic heterocycles. The number of unbranched alkanes of at least 4 members (excludes halogenated alkanes) is 1. The van der Waals surface area contributed by atoms with Crippen molar-refractivity contribution in [3.63, 3.8) is 0 Å². The fraction of sp³-hybridized carbons (Fsp3) is 0.368. The molecule has 106 valence electrons. The molecule has 2 rings (SSSR count). The number of rotatable bonds is 6. The zero-order chi connectivity index (χ0) is 14.4. The lowest BCUT2D eigenvalue weighted by Crippen LogP contribution is -2.29. The first-order chi connectivity index (χ1) is 9.69. The highest BCUT2D eigenvalue weighted by Crippen LogP contribution is 2.44. The van der Waals surface area contributed by atoms with Gasteiger partial charge in [-0.1, -0.05) is 87.4 Å². The Hall–Kier alpha value is -1.21. The molecule has 2 aromatic carbocycles. The average Bonchev–Trinajstić information content (AvgIpc) is 2.53. The van der Waals surface area contributed by atoms with E-state index in [9.17, 15) is 0 Å². The molecule has 0 radical (unpaired) electrons. The van der Waals surface area contributed by atoms with Crippen molar-refractivity contribution in [3.05, 3.63) is 71.8 Å². The van der Waals surface area contributed by atoms with Crippen LogP contribution in [0.1, 0.15) is 44.2 Å². The van der Waals surface area contributed by atoms with E-state index in [2.05, 4.69) is 74.5 Å². The van der Waals surface area contributed by atoms with Gasteiger partial charge in [0, 0.05) is 0 Å². The zero-order valence-electron chi connectivity index (χ0n) is 12.4. The largest absolute Gasteiger partial charge is 0.163 e. The van der Waals surface area contributed by atoms with Crippen molar-refractivity contribution < 1.29 is 0 Å². The lowest BCUT2D eigenvalue weighted by atomic mass is 9.78. The first-order valence-corrected chi connectivity index (χ1v) is 7.97. The molecule has 0 heterocycles. The molecule has 0 bridgehead atoms. The molecule has 0 aliphatic carbocycles. The molecule has 1 unspecified atom stereocenters. The van der Waals surface area contributed by atoms with Crippen LogP contribution in [0.15, 0.2) is 60.7 Å². The van der Waals surface area contributed by atoms with E-state index in [-0.39, 0.29) is 4.75 Å². The first-order valence-electron chi connectivity index (χ1n) is 7.53. The second-order valence-corrected chi connectivity index (χ2v) is 6.25. The molecule has 0 saturated carbocycles. The van der Waals surface area contributed by atoms with E-state index in [1.54, 1.807) is 0 Å². The lowest BCUT2D eigenvalue weighted by Gasteiger charge is -2.36. The second kappa shape index (κ2) is 6.99. The van der Waals surface area contributed by atoms with E-state index >= 15 is 0 Å². The highest BCUT2D eigenvalue weighted by Gasteiger charge is 2.35. The Labute approximate surface area is 128 Å². The van der Waals surface area contributed by atoms with Crippen LogP contribution in [0.2, 0.25) is 0 Å². The van der Waals surface area contributed by atoms with Crippen LogP contribution in [0.3, 0.4) is 0 Å². The summed E-state index contributed by atoms with van der Waals surface area (Å²) in [4.78, 5) is 0. The van der Waals surface area contributed by atoms with Gasteiger partial charge in [0.25, 0.3) is 0 Å². The van der Waals surface area contributed by atoms with Gasteiger partial charge < -0.3 is 0 Å². The molecule has 1 atom stereocenters. The third-order valence-corrected chi connectivity index (χ3v) is 5.09. The molecule has 0 aliphatic heterocycles. The SMILES string of the molecule is CCCCC(C)C(S)(c1ccccc1)c1ccccc1. The molecular weight excluding hydrogens is 260 g/mol. The summed E-state index contributed by atoms with van der Waals surface area (Å²) in [6.07, 6.45) is 3.69. The quantitative estimate of drug-likeness (QED) is 0.648. The van der Waals surface area contributed by atoms with Crippen LogP contribution < -0.4 is 0 Å². The molecule has 20 heavy (non-hydrogen) atoms. The fourth-order valence-corrected chi connectivity index (χ4v) is 3.27. The minimum Gasteiger partial charge on any atom is -0.163 e. The van der Waals surface area contributed by atoms with E-state index < -0.39 is 0 Å². The minimum atomic E-state index is -0.211. The van der Waals surface area contributed by atoms with Crippen LogP contribution in [-0.4, -0.2) is 0 Å². The summed E-state index contributed by atoms with van der Waals surface area (Å²) in [6, 6.07) is 21.4.